The number of rotatable bonds is 6. The van der Waals surface area contributed by atoms with Crippen molar-refractivity contribution in [3.05, 3.63) is 94.8 Å². The van der Waals surface area contributed by atoms with Gasteiger partial charge in [0.15, 0.2) is 0 Å². The van der Waals surface area contributed by atoms with Gasteiger partial charge in [0, 0.05) is 36.1 Å². The maximum absolute atomic E-state index is 12.9. The smallest absolute Gasteiger partial charge is 0.227 e. The van der Waals surface area contributed by atoms with E-state index >= 15 is 0 Å². The number of hydrogen-bond acceptors (Lipinski definition) is 2. The predicted molar refractivity (Wildman–Crippen MR) is 135 cm³/mol. The van der Waals surface area contributed by atoms with Crippen LogP contribution >= 0.6 is 11.6 Å². The van der Waals surface area contributed by atoms with Crippen LogP contribution in [0.1, 0.15) is 55.5 Å². The summed E-state index contributed by atoms with van der Waals surface area (Å²) in [6.07, 6.45) is 1.58. The lowest BCUT2D eigenvalue weighted by Crippen LogP contribution is -2.24. The summed E-state index contributed by atoms with van der Waals surface area (Å²) in [4.78, 5) is 19.8. The maximum Gasteiger partial charge on any atom is 0.227 e. The number of fused-ring (bicyclic) bond motifs is 1. The van der Waals surface area contributed by atoms with Crippen LogP contribution in [0.5, 0.6) is 0 Å². The highest BCUT2D eigenvalue weighted by atomic mass is 35.5. The van der Waals surface area contributed by atoms with E-state index in [1.165, 1.54) is 11.1 Å². The molecule has 1 aromatic heterocycles. The number of imidazole rings is 1. The lowest BCUT2D eigenvalue weighted by Gasteiger charge is -2.18. The van der Waals surface area contributed by atoms with E-state index in [1.54, 1.807) is 0 Å². The zero-order valence-corrected chi connectivity index (χ0v) is 19.8. The second-order valence-electron chi connectivity index (χ2n) is 8.98. The van der Waals surface area contributed by atoms with Crippen LogP contribution in [0.3, 0.4) is 0 Å². The molecular formula is C28H28ClN3O. The van der Waals surface area contributed by atoms with Gasteiger partial charge in [0.2, 0.25) is 5.91 Å². The standard InChI is InChI=1S/C28H28ClN3O/c1-3-19(2)21-13-11-20(12-14-21)17-32-26-10-5-4-9-25(26)30-28(32)22-15-27(33)31(18-22)24-8-6-7-23(29)16-24/h4-14,16,19,22H,3,15,17-18H2,1-2H3. The Morgan fingerprint density at radius 1 is 1.06 bits per heavy atom. The number of aromatic nitrogens is 2. The highest BCUT2D eigenvalue weighted by Crippen LogP contribution is 2.34. The molecule has 0 spiro atoms. The fourth-order valence-corrected chi connectivity index (χ4v) is 4.90. The second-order valence-corrected chi connectivity index (χ2v) is 9.42. The summed E-state index contributed by atoms with van der Waals surface area (Å²) in [6, 6.07) is 24.7. The van der Waals surface area contributed by atoms with Gasteiger partial charge >= 0.3 is 0 Å². The summed E-state index contributed by atoms with van der Waals surface area (Å²) in [5, 5.41) is 0.636. The number of halogens is 1. The Balaban J connectivity index is 1.48. The van der Waals surface area contributed by atoms with Gasteiger partial charge in [-0.3, -0.25) is 4.79 Å². The van der Waals surface area contributed by atoms with Crippen LogP contribution < -0.4 is 4.90 Å². The molecule has 168 valence electrons. The van der Waals surface area contributed by atoms with Crippen molar-refractivity contribution in [1.82, 2.24) is 9.55 Å². The molecule has 1 aliphatic heterocycles. The maximum atomic E-state index is 12.9. The first-order valence-corrected chi connectivity index (χ1v) is 12.0. The van der Waals surface area contributed by atoms with Crippen LogP contribution in [0.15, 0.2) is 72.8 Å². The van der Waals surface area contributed by atoms with Gasteiger partial charge in [-0.05, 0) is 53.8 Å². The molecule has 2 atom stereocenters. The van der Waals surface area contributed by atoms with Crippen molar-refractivity contribution < 1.29 is 4.79 Å². The van der Waals surface area contributed by atoms with E-state index in [9.17, 15) is 4.79 Å². The third-order valence-corrected chi connectivity index (χ3v) is 7.03. The molecule has 5 heteroatoms. The van der Waals surface area contributed by atoms with E-state index in [0.717, 1.165) is 35.5 Å². The van der Waals surface area contributed by atoms with Crippen molar-refractivity contribution in [2.24, 2.45) is 0 Å². The van der Waals surface area contributed by atoms with Crippen LogP contribution in [0.25, 0.3) is 11.0 Å². The molecule has 2 heterocycles. The number of para-hydroxylation sites is 2. The van der Waals surface area contributed by atoms with Crippen LogP contribution in [0.4, 0.5) is 5.69 Å². The summed E-state index contributed by atoms with van der Waals surface area (Å²) in [7, 11) is 0. The average Bonchev–Trinajstić information content (AvgIpc) is 3.39. The number of hydrogen-bond donors (Lipinski definition) is 0. The summed E-state index contributed by atoms with van der Waals surface area (Å²) in [5.74, 6) is 1.67. The van der Waals surface area contributed by atoms with E-state index in [2.05, 4.69) is 48.7 Å². The van der Waals surface area contributed by atoms with Gasteiger partial charge in [-0.1, -0.05) is 67.9 Å². The molecule has 0 bridgehead atoms. The van der Waals surface area contributed by atoms with Crippen molar-refractivity contribution in [2.75, 3.05) is 11.4 Å². The molecule has 4 aromatic rings. The van der Waals surface area contributed by atoms with Crippen LogP contribution in [0.2, 0.25) is 5.02 Å². The Labute approximate surface area is 199 Å². The number of nitrogens with zero attached hydrogens (tertiary/aromatic N) is 3. The van der Waals surface area contributed by atoms with Crippen molar-refractivity contribution in [3.8, 4) is 0 Å². The molecule has 0 N–H and O–H groups in total. The van der Waals surface area contributed by atoms with Gasteiger partial charge in [-0.25, -0.2) is 4.98 Å². The molecule has 33 heavy (non-hydrogen) atoms. The molecule has 1 amide bonds. The highest BCUT2D eigenvalue weighted by Gasteiger charge is 2.35. The van der Waals surface area contributed by atoms with Gasteiger partial charge in [-0.15, -0.1) is 0 Å². The first kappa shape index (κ1) is 21.7. The summed E-state index contributed by atoms with van der Waals surface area (Å²) in [6.45, 7) is 5.82. The second kappa shape index (κ2) is 9.03. The molecule has 2 unspecified atom stereocenters. The fourth-order valence-electron chi connectivity index (χ4n) is 4.72. The minimum atomic E-state index is 0.0308. The number of benzene rings is 3. The zero-order chi connectivity index (χ0) is 22.9. The van der Waals surface area contributed by atoms with Crippen LogP contribution in [0, 0.1) is 0 Å². The first-order valence-electron chi connectivity index (χ1n) is 11.6. The van der Waals surface area contributed by atoms with Crippen molar-refractivity contribution in [1.29, 1.82) is 0 Å². The first-order chi connectivity index (χ1) is 16.0. The molecule has 1 saturated heterocycles. The highest BCUT2D eigenvalue weighted by molar-refractivity contribution is 6.30. The van der Waals surface area contributed by atoms with Crippen LogP contribution in [-0.2, 0) is 11.3 Å². The van der Waals surface area contributed by atoms with E-state index < -0.39 is 0 Å². The van der Waals surface area contributed by atoms with Crippen molar-refractivity contribution in [2.45, 2.75) is 45.1 Å². The molecular weight excluding hydrogens is 430 g/mol. The lowest BCUT2D eigenvalue weighted by molar-refractivity contribution is -0.117. The van der Waals surface area contributed by atoms with E-state index in [4.69, 9.17) is 16.6 Å². The molecule has 5 rings (SSSR count). The number of amides is 1. The topological polar surface area (TPSA) is 38.1 Å². The van der Waals surface area contributed by atoms with Crippen molar-refractivity contribution in [3.63, 3.8) is 0 Å². The number of carbonyl (C=O) groups excluding carboxylic acids is 1. The predicted octanol–water partition coefficient (Wildman–Crippen LogP) is 6.77. The molecule has 3 aromatic carbocycles. The summed E-state index contributed by atoms with van der Waals surface area (Å²) >= 11 is 6.18. The Bertz CT molecular complexity index is 1290. The Morgan fingerprint density at radius 3 is 2.61 bits per heavy atom. The van der Waals surface area contributed by atoms with Gasteiger partial charge in [0.05, 0.1) is 11.0 Å². The van der Waals surface area contributed by atoms with Crippen molar-refractivity contribution >= 4 is 34.2 Å². The lowest BCUT2D eigenvalue weighted by atomic mass is 9.97. The molecule has 0 aliphatic carbocycles. The monoisotopic (exact) mass is 457 g/mol. The largest absolute Gasteiger partial charge is 0.323 e. The molecule has 0 saturated carbocycles. The third kappa shape index (κ3) is 4.28. The van der Waals surface area contributed by atoms with Gasteiger partial charge in [0.25, 0.3) is 0 Å². The zero-order valence-electron chi connectivity index (χ0n) is 19.0. The number of carbonyl (C=O) groups is 1. The van der Waals surface area contributed by atoms with Gasteiger partial charge in [-0.2, -0.15) is 0 Å². The van der Waals surface area contributed by atoms with E-state index in [0.29, 0.717) is 23.9 Å². The minimum Gasteiger partial charge on any atom is -0.323 e. The molecule has 1 fully saturated rings. The van der Waals surface area contributed by atoms with Gasteiger partial charge < -0.3 is 9.47 Å². The van der Waals surface area contributed by atoms with E-state index in [-0.39, 0.29) is 11.8 Å². The summed E-state index contributed by atoms with van der Waals surface area (Å²) < 4.78 is 2.28. The average molecular weight is 458 g/mol. The molecule has 1 aliphatic rings. The Hall–Kier alpha value is -3.11. The van der Waals surface area contributed by atoms with E-state index in [1.807, 2.05) is 47.4 Å². The van der Waals surface area contributed by atoms with Gasteiger partial charge in [0.1, 0.15) is 5.82 Å². The quantitative estimate of drug-likeness (QED) is 0.320. The fraction of sp³-hybridized carbons (Fsp3) is 0.286. The Morgan fingerprint density at radius 2 is 1.85 bits per heavy atom. The SMILES string of the molecule is CCC(C)c1ccc(Cn2c(C3CC(=O)N(c4cccc(Cl)c4)C3)nc3ccccc32)cc1. The molecule has 4 nitrogen and oxygen atoms in total. The normalized spacial score (nSPS) is 17.1. The van der Waals surface area contributed by atoms with Crippen LogP contribution in [-0.4, -0.2) is 22.0 Å². The minimum absolute atomic E-state index is 0.0308. The molecule has 0 radical (unpaired) electrons. The third-order valence-electron chi connectivity index (χ3n) is 6.80. The Kier molecular flexibility index (Phi) is 5.94. The number of anilines is 1. The summed E-state index contributed by atoms with van der Waals surface area (Å²) in [5.41, 5.74) is 5.53.